The van der Waals surface area contributed by atoms with E-state index in [1.807, 2.05) is 64.6 Å². The molecule has 0 aliphatic heterocycles. The maximum atomic E-state index is 10.6. The second-order valence-electron chi connectivity index (χ2n) is 7.29. The van der Waals surface area contributed by atoms with Crippen LogP contribution in [0.5, 0.6) is 0 Å². The SMILES string of the molecule is C=Cc1ccc(N(C)C)cc1.CN(C)c1ccc(/C=C/c2ccc(C=O)cc2)cc1. The fourth-order valence-electron chi connectivity index (χ4n) is 2.67. The summed E-state index contributed by atoms with van der Waals surface area (Å²) >= 11 is 0. The van der Waals surface area contributed by atoms with Crippen molar-refractivity contribution < 1.29 is 4.79 Å². The molecule has 0 aliphatic rings. The number of benzene rings is 3. The van der Waals surface area contributed by atoms with Crippen molar-refractivity contribution >= 4 is 35.9 Å². The first-order valence-corrected chi connectivity index (χ1v) is 9.83. The maximum Gasteiger partial charge on any atom is 0.150 e. The van der Waals surface area contributed by atoms with E-state index in [9.17, 15) is 4.79 Å². The molecule has 0 bridgehead atoms. The summed E-state index contributed by atoms with van der Waals surface area (Å²) in [5.74, 6) is 0. The summed E-state index contributed by atoms with van der Waals surface area (Å²) in [6, 6.07) is 24.2. The van der Waals surface area contributed by atoms with E-state index in [4.69, 9.17) is 0 Å². The molecule has 0 aliphatic carbocycles. The lowest BCUT2D eigenvalue weighted by Gasteiger charge is -2.11. The molecule has 0 fully saturated rings. The molecule has 3 heteroatoms. The van der Waals surface area contributed by atoms with Gasteiger partial charge in [0, 0.05) is 45.1 Å². The molecule has 0 unspecified atom stereocenters. The van der Waals surface area contributed by atoms with Gasteiger partial charge in [-0.25, -0.2) is 0 Å². The van der Waals surface area contributed by atoms with E-state index in [0.717, 1.165) is 23.0 Å². The lowest BCUT2D eigenvalue weighted by Crippen LogP contribution is -2.07. The third-order valence-corrected chi connectivity index (χ3v) is 4.60. The van der Waals surface area contributed by atoms with Gasteiger partial charge in [0.2, 0.25) is 0 Å². The Hall–Kier alpha value is -3.59. The van der Waals surface area contributed by atoms with E-state index in [1.54, 1.807) is 0 Å². The predicted molar refractivity (Wildman–Crippen MR) is 132 cm³/mol. The highest BCUT2D eigenvalue weighted by atomic mass is 16.1. The van der Waals surface area contributed by atoms with Crippen molar-refractivity contribution in [2.24, 2.45) is 0 Å². The van der Waals surface area contributed by atoms with Gasteiger partial charge in [0.05, 0.1) is 0 Å². The highest BCUT2D eigenvalue weighted by Gasteiger charge is 1.94. The first-order valence-electron chi connectivity index (χ1n) is 9.83. The average molecular weight is 399 g/mol. The molecule has 0 aromatic heterocycles. The van der Waals surface area contributed by atoms with Crippen LogP contribution < -0.4 is 9.80 Å². The van der Waals surface area contributed by atoms with Crippen molar-refractivity contribution in [3.63, 3.8) is 0 Å². The topological polar surface area (TPSA) is 23.6 Å². The molecule has 3 aromatic carbocycles. The number of carbonyl (C=O) groups is 1. The van der Waals surface area contributed by atoms with Crippen LogP contribution in [0.15, 0.2) is 79.4 Å². The van der Waals surface area contributed by atoms with Crippen LogP contribution in [0.1, 0.15) is 27.0 Å². The van der Waals surface area contributed by atoms with Crippen molar-refractivity contribution in [1.82, 2.24) is 0 Å². The molecule has 0 amide bonds. The van der Waals surface area contributed by atoms with Crippen LogP contribution in [0.2, 0.25) is 0 Å². The zero-order valence-corrected chi connectivity index (χ0v) is 18.2. The molecule has 0 radical (unpaired) electrons. The summed E-state index contributed by atoms with van der Waals surface area (Å²) in [4.78, 5) is 14.7. The second-order valence-corrected chi connectivity index (χ2v) is 7.29. The molecule has 0 atom stereocenters. The van der Waals surface area contributed by atoms with Gasteiger partial charge in [-0.1, -0.05) is 73.3 Å². The minimum Gasteiger partial charge on any atom is -0.378 e. The van der Waals surface area contributed by atoms with E-state index in [-0.39, 0.29) is 0 Å². The lowest BCUT2D eigenvalue weighted by atomic mass is 10.1. The van der Waals surface area contributed by atoms with Gasteiger partial charge in [0.25, 0.3) is 0 Å². The summed E-state index contributed by atoms with van der Waals surface area (Å²) in [6.07, 6.45) is 6.81. The van der Waals surface area contributed by atoms with Crippen LogP contribution in [0.3, 0.4) is 0 Å². The second kappa shape index (κ2) is 11.4. The summed E-state index contributed by atoms with van der Waals surface area (Å²) in [5, 5.41) is 0. The van der Waals surface area contributed by atoms with Crippen LogP contribution in [-0.2, 0) is 0 Å². The lowest BCUT2D eigenvalue weighted by molar-refractivity contribution is 0.112. The van der Waals surface area contributed by atoms with Crippen LogP contribution >= 0.6 is 0 Å². The Bertz CT molecular complexity index is 951. The number of anilines is 2. The van der Waals surface area contributed by atoms with E-state index >= 15 is 0 Å². The van der Waals surface area contributed by atoms with Gasteiger partial charge in [-0.15, -0.1) is 0 Å². The van der Waals surface area contributed by atoms with Gasteiger partial charge < -0.3 is 9.80 Å². The molecular weight excluding hydrogens is 368 g/mol. The zero-order valence-electron chi connectivity index (χ0n) is 18.2. The summed E-state index contributed by atoms with van der Waals surface area (Å²) in [7, 11) is 8.12. The number of nitrogens with zero attached hydrogens (tertiary/aromatic N) is 2. The fraction of sp³-hybridized carbons (Fsp3) is 0.148. The number of aldehydes is 1. The number of hydrogen-bond acceptors (Lipinski definition) is 3. The third kappa shape index (κ3) is 7.10. The molecule has 154 valence electrons. The Morgan fingerprint density at radius 3 is 1.23 bits per heavy atom. The molecular formula is C27H30N2O. The largest absolute Gasteiger partial charge is 0.378 e. The van der Waals surface area contributed by atoms with Crippen molar-refractivity contribution in [2.75, 3.05) is 38.0 Å². The van der Waals surface area contributed by atoms with Gasteiger partial charge in [-0.2, -0.15) is 0 Å². The number of hydrogen-bond donors (Lipinski definition) is 0. The van der Waals surface area contributed by atoms with E-state index in [0.29, 0.717) is 5.56 Å². The summed E-state index contributed by atoms with van der Waals surface area (Å²) < 4.78 is 0. The molecule has 3 nitrogen and oxygen atoms in total. The Morgan fingerprint density at radius 1 is 0.567 bits per heavy atom. The van der Waals surface area contributed by atoms with Gasteiger partial charge in [-0.05, 0) is 41.0 Å². The van der Waals surface area contributed by atoms with Crippen molar-refractivity contribution in [1.29, 1.82) is 0 Å². The minimum absolute atomic E-state index is 0.701. The normalized spacial score (nSPS) is 10.1. The molecule has 0 saturated carbocycles. The monoisotopic (exact) mass is 398 g/mol. The van der Waals surface area contributed by atoms with Crippen molar-refractivity contribution in [3.05, 3.63) is 102 Å². The quantitative estimate of drug-likeness (QED) is 0.368. The standard InChI is InChI=1S/C17H17NO.C10H13N/c1-18(2)17-11-9-15(10-12-17)4-3-14-5-7-16(13-19)8-6-14;1-4-9-5-7-10(8-6-9)11(2)3/h3-13H,1-2H3;4-8H,1H2,2-3H3/b4-3+;. The number of carbonyl (C=O) groups excluding carboxylic acids is 1. The molecule has 30 heavy (non-hydrogen) atoms. The van der Waals surface area contributed by atoms with Crippen LogP contribution in [0.4, 0.5) is 11.4 Å². The Labute approximate surface area is 180 Å². The maximum absolute atomic E-state index is 10.6. The summed E-state index contributed by atoms with van der Waals surface area (Å²) in [6.45, 7) is 3.69. The molecule has 0 spiro atoms. The van der Waals surface area contributed by atoms with E-state index in [1.165, 1.54) is 11.4 Å². The smallest absolute Gasteiger partial charge is 0.150 e. The van der Waals surface area contributed by atoms with Crippen molar-refractivity contribution in [2.45, 2.75) is 0 Å². The first-order chi connectivity index (χ1) is 14.4. The van der Waals surface area contributed by atoms with Crippen molar-refractivity contribution in [3.8, 4) is 0 Å². The fourth-order valence-corrected chi connectivity index (χ4v) is 2.67. The Morgan fingerprint density at radius 2 is 0.900 bits per heavy atom. The first kappa shape index (κ1) is 22.7. The van der Waals surface area contributed by atoms with Gasteiger partial charge in [0.1, 0.15) is 6.29 Å². The predicted octanol–water partition coefficient (Wildman–Crippen LogP) is 6.13. The van der Waals surface area contributed by atoms with Gasteiger partial charge in [-0.3, -0.25) is 4.79 Å². The highest BCUT2D eigenvalue weighted by molar-refractivity contribution is 5.76. The van der Waals surface area contributed by atoms with E-state index in [2.05, 4.69) is 71.0 Å². The Balaban J connectivity index is 0.000000248. The van der Waals surface area contributed by atoms with Gasteiger partial charge >= 0.3 is 0 Å². The third-order valence-electron chi connectivity index (χ3n) is 4.60. The molecule has 0 saturated heterocycles. The van der Waals surface area contributed by atoms with Crippen LogP contribution in [0.25, 0.3) is 18.2 Å². The Kier molecular flexibility index (Phi) is 8.64. The van der Waals surface area contributed by atoms with E-state index < -0.39 is 0 Å². The highest BCUT2D eigenvalue weighted by Crippen LogP contribution is 2.15. The zero-order chi connectivity index (χ0) is 21.9. The van der Waals surface area contributed by atoms with Crippen LogP contribution in [-0.4, -0.2) is 34.5 Å². The van der Waals surface area contributed by atoms with Gasteiger partial charge in [0.15, 0.2) is 0 Å². The number of rotatable bonds is 6. The summed E-state index contributed by atoms with van der Waals surface area (Å²) in [5.41, 5.74) is 6.51. The van der Waals surface area contributed by atoms with Crippen LogP contribution in [0, 0.1) is 0 Å². The molecule has 3 aromatic rings. The average Bonchev–Trinajstić information content (AvgIpc) is 2.78. The molecule has 0 N–H and O–H groups in total. The minimum atomic E-state index is 0.701. The molecule has 0 heterocycles. The molecule has 3 rings (SSSR count).